The van der Waals surface area contributed by atoms with Gasteiger partial charge in [0.2, 0.25) is 0 Å². The summed E-state index contributed by atoms with van der Waals surface area (Å²) < 4.78 is 0. The van der Waals surface area contributed by atoms with Gasteiger partial charge in [-0.05, 0) is 96.9 Å². The van der Waals surface area contributed by atoms with Gasteiger partial charge in [-0.25, -0.2) is 0 Å². The standard InChI is InChI=1S/C27H45BrO/c1-17(2)7-6-8-18(3)21-9-10-22-25-23(12-14-27(21,22)5)26(4)13-11-20(29)15-19(26)16-24(25)28/h11,17-19,21-25,29H,6-10,12-16H2,1-5H3/t18-,19?,21-,22+,23+,24?,25+,26+,27-/m1/s1. The lowest BCUT2D eigenvalue weighted by atomic mass is 9.45. The number of hydrogen-bond donors (Lipinski definition) is 1. The molecule has 4 aliphatic rings. The summed E-state index contributed by atoms with van der Waals surface area (Å²) in [6.07, 6.45) is 15.5. The molecule has 4 rings (SSSR count). The van der Waals surface area contributed by atoms with E-state index in [1.54, 1.807) is 0 Å². The summed E-state index contributed by atoms with van der Waals surface area (Å²) in [7, 11) is 0. The lowest BCUT2D eigenvalue weighted by Crippen LogP contribution is -2.56. The van der Waals surface area contributed by atoms with Crippen LogP contribution >= 0.6 is 15.9 Å². The fraction of sp³-hybridized carbons (Fsp3) is 0.926. The highest BCUT2D eigenvalue weighted by Gasteiger charge is 2.62. The quantitative estimate of drug-likeness (QED) is 0.403. The second kappa shape index (κ2) is 8.18. The van der Waals surface area contributed by atoms with Crippen molar-refractivity contribution in [1.82, 2.24) is 0 Å². The highest BCUT2D eigenvalue weighted by atomic mass is 79.9. The van der Waals surface area contributed by atoms with E-state index in [2.05, 4.69) is 56.6 Å². The van der Waals surface area contributed by atoms with Gasteiger partial charge in [-0.2, -0.15) is 0 Å². The molecule has 1 nitrogen and oxygen atoms in total. The lowest BCUT2D eigenvalue weighted by Gasteiger charge is -2.61. The van der Waals surface area contributed by atoms with E-state index in [1.807, 2.05) is 0 Å². The normalized spacial score (nSPS) is 47.9. The van der Waals surface area contributed by atoms with Crippen LogP contribution in [-0.2, 0) is 0 Å². The lowest BCUT2D eigenvalue weighted by molar-refractivity contribution is -0.0993. The second-order valence-corrected chi connectivity index (χ2v) is 13.6. The first-order valence-electron chi connectivity index (χ1n) is 12.7. The first-order chi connectivity index (χ1) is 13.7. The molecule has 9 atom stereocenters. The molecule has 29 heavy (non-hydrogen) atoms. The van der Waals surface area contributed by atoms with Crippen LogP contribution in [0.25, 0.3) is 0 Å². The fourth-order valence-corrected chi connectivity index (χ4v) is 9.99. The van der Waals surface area contributed by atoms with E-state index < -0.39 is 0 Å². The minimum Gasteiger partial charge on any atom is -0.513 e. The molecule has 0 aromatic rings. The van der Waals surface area contributed by atoms with Gasteiger partial charge in [0, 0.05) is 11.2 Å². The van der Waals surface area contributed by atoms with Gasteiger partial charge in [-0.15, -0.1) is 0 Å². The number of aliphatic hydroxyl groups is 1. The van der Waals surface area contributed by atoms with E-state index in [9.17, 15) is 5.11 Å². The fourth-order valence-electron chi connectivity index (χ4n) is 8.80. The van der Waals surface area contributed by atoms with Crippen LogP contribution in [0.5, 0.6) is 0 Å². The first-order valence-corrected chi connectivity index (χ1v) is 13.6. The third-order valence-corrected chi connectivity index (χ3v) is 11.5. The van der Waals surface area contributed by atoms with Crippen LogP contribution in [0.1, 0.15) is 98.8 Å². The van der Waals surface area contributed by atoms with Crippen molar-refractivity contribution in [2.75, 3.05) is 0 Å². The third kappa shape index (κ3) is 3.76. The molecule has 0 aliphatic heterocycles. The zero-order valence-corrected chi connectivity index (χ0v) is 21.2. The number of halogens is 1. The molecule has 0 aromatic carbocycles. The van der Waals surface area contributed by atoms with Gasteiger partial charge in [-0.1, -0.05) is 69.8 Å². The van der Waals surface area contributed by atoms with E-state index in [1.165, 1.54) is 51.4 Å². The number of alkyl halides is 1. The van der Waals surface area contributed by atoms with E-state index >= 15 is 0 Å². The minimum atomic E-state index is 0.406. The molecule has 4 aliphatic carbocycles. The maximum atomic E-state index is 10.2. The highest BCUT2D eigenvalue weighted by Crippen LogP contribution is 2.69. The minimum absolute atomic E-state index is 0.406. The molecule has 0 bridgehead atoms. The summed E-state index contributed by atoms with van der Waals surface area (Å²) in [4.78, 5) is 0.649. The molecule has 1 N–H and O–H groups in total. The topological polar surface area (TPSA) is 20.2 Å². The molecular formula is C27H45BrO. The van der Waals surface area contributed by atoms with Crippen molar-refractivity contribution in [3.63, 3.8) is 0 Å². The molecule has 2 heteroatoms. The Kier molecular flexibility index (Phi) is 6.27. The molecule has 0 spiro atoms. The third-order valence-electron chi connectivity index (χ3n) is 10.5. The molecule has 3 saturated carbocycles. The Bertz CT molecular complexity index is 626. The van der Waals surface area contributed by atoms with Crippen LogP contribution in [-0.4, -0.2) is 9.93 Å². The summed E-state index contributed by atoms with van der Waals surface area (Å²) in [5.41, 5.74) is 0.962. The van der Waals surface area contributed by atoms with Crippen molar-refractivity contribution in [2.45, 2.75) is 104 Å². The predicted molar refractivity (Wildman–Crippen MR) is 127 cm³/mol. The monoisotopic (exact) mass is 464 g/mol. The van der Waals surface area contributed by atoms with Crippen molar-refractivity contribution in [3.8, 4) is 0 Å². The predicted octanol–water partition coefficient (Wildman–Crippen LogP) is 8.53. The molecule has 166 valence electrons. The average Bonchev–Trinajstić information content (AvgIpc) is 3.00. The number of rotatable bonds is 5. The summed E-state index contributed by atoms with van der Waals surface area (Å²) in [5.74, 6) is 6.56. The summed E-state index contributed by atoms with van der Waals surface area (Å²) in [6, 6.07) is 0. The largest absolute Gasteiger partial charge is 0.513 e. The molecular weight excluding hydrogens is 420 g/mol. The van der Waals surface area contributed by atoms with Crippen LogP contribution in [0.3, 0.4) is 0 Å². The van der Waals surface area contributed by atoms with Crippen molar-refractivity contribution in [3.05, 3.63) is 11.8 Å². The van der Waals surface area contributed by atoms with Crippen molar-refractivity contribution in [1.29, 1.82) is 0 Å². The molecule has 0 radical (unpaired) electrons. The molecule has 0 aromatic heterocycles. The number of allylic oxidation sites excluding steroid dienone is 2. The van der Waals surface area contributed by atoms with Crippen LogP contribution in [0.15, 0.2) is 11.8 Å². The van der Waals surface area contributed by atoms with Gasteiger partial charge in [0.05, 0.1) is 5.76 Å². The van der Waals surface area contributed by atoms with Crippen molar-refractivity contribution in [2.24, 2.45) is 52.3 Å². The van der Waals surface area contributed by atoms with E-state index in [0.717, 1.165) is 48.3 Å². The Hall–Kier alpha value is 0.0200. The Morgan fingerprint density at radius 2 is 1.79 bits per heavy atom. The van der Waals surface area contributed by atoms with Crippen LogP contribution in [0, 0.1) is 52.3 Å². The van der Waals surface area contributed by atoms with Gasteiger partial charge >= 0.3 is 0 Å². The molecule has 0 amide bonds. The molecule has 2 unspecified atom stereocenters. The van der Waals surface area contributed by atoms with Gasteiger partial charge < -0.3 is 5.11 Å². The van der Waals surface area contributed by atoms with E-state index in [-0.39, 0.29) is 0 Å². The highest BCUT2D eigenvalue weighted by molar-refractivity contribution is 9.09. The zero-order valence-electron chi connectivity index (χ0n) is 19.6. The summed E-state index contributed by atoms with van der Waals surface area (Å²) in [5, 5.41) is 10.2. The zero-order chi connectivity index (χ0) is 21.0. The van der Waals surface area contributed by atoms with E-state index in [4.69, 9.17) is 0 Å². The van der Waals surface area contributed by atoms with Crippen LogP contribution in [0.4, 0.5) is 0 Å². The number of hydrogen-bond acceptors (Lipinski definition) is 1. The first kappa shape index (κ1) is 22.2. The maximum absolute atomic E-state index is 10.2. The van der Waals surface area contributed by atoms with Gasteiger partial charge in [0.15, 0.2) is 0 Å². The number of aliphatic hydroxyl groups excluding tert-OH is 1. The Balaban J connectivity index is 1.52. The Morgan fingerprint density at radius 3 is 2.52 bits per heavy atom. The summed E-state index contributed by atoms with van der Waals surface area (Å²) >= 11 is 4.21. The number of fused-ring (bicyclic) bond motifs is 5. The second-order valence-electron chi connectivity index (χ2n) is 12.4. The molecule has 0 saturated heterocycles. The van der Waals surface area contributed by atoms with Gasteiger partial charge in [0.1, 0.15) is 0 Å². The smallest absolute Gasteiger partial charge is 0.0886 e. The average molecular weight is 466 g/mol. The van der Waals surface area contributed by atoms with E-state index in [0.29, 0.717) is 27.3 Å². The van der Waals surface area contributed by atoms with Gasteiger partial charge in [-0.3, -0.25) is 0 Å². The summed E-state index contributed by atoms with van der Waals surface area (Å²) in [6.45, 7) is 12.6. The van der Waals surface area contributed by atoms with Gasteiger partial charge in [0.25, 0.3) is 0 Å². The maximum Gasteiger partial charge on any atom is 0.0886 e. The molecule has 0 heterocycles. The van der Waals surface area contributed by atoms with Crippen molar-refractivity contribution < 1.29 is 5.11 Å². The molecule has 3 fully saturated rings. The Morgan fingerprint density at radius 1 is 1.07 bits per heavy atom. The van der Waals surface area contributed by atoms with Crippen LogP contribution in [0.2, 0.25) is 0 Å². The SMILES string of the molecule is CC(C)CCC[C@@H](C)[C@H]1CC[C@H]2[C@@H]3C(Br)CC4CC(O)=CC[C@]4(C)[C@H]3CC[C@]12C. The van der Waals surface area contributed by atoms with Crippen molar-refractivity contribution >= 4 is 15.9 Å². The van der Waals surface area contributed by atoms with Crippen LogP contribution < -0.4 is 0 Å². The Labute approximate surface area is 188 Å².